The van der Waals surface area contributed by atoms with Crippen molar-refractivity contribution >= 4 is 11.9 Å². The third kappa shape index (κ3) is 4.30. The first-order chi connectivity index (χ1) is 8.71. The highest BCUT2D eigenvalue weighted by Gasteiger charge is 2.10. The number of aromatic nitrogens is 3. The number of ether oxygens (including phenoxy) is 2. The lowest BCUT2D eigenvalue weighted by atomic mass is 10.5. The van der Waals surface area contributed by atoms with Gasteiger partial charge in [-0.3, -0.25) is 5.43 Å². The molecule has 102 valence electrons. The zero-order chi connectivity index (χ0) is 13.4. The molecule has 0 unspecified atom stereocenters. The molecule has 1 aromatic rings. The van der Waals surface area contributed by atoms with E-state index >= 15 is 0 Å². The minimum Gasteiger partial charge on any atom is -0.463 e. The van der Waals surface area contributed by atoms with E-state index in [0.29, 0.717) is 25.7 Å². The Labute approximate surface area is 106 Å². The summed E-state index contributed by atoms with van der Waals surface area (Å²) in [5.41, 5.74) is 2.40. The van der Waals surface area contributed by atoms with E-state index in [-0.39, 0.29) is 12.0 Å². The Morgan fingerprint density at radius 1 is 1.28 bits per heavy atom. The van der Waals surface area contributed by atoms with Crippen molar-refractivity contribution in [1.29, 1.82) is 0 Å². The van der Waals surface area contributed by atoms with Crippen LogP contribution in [0.4, 0.5) is 11.9 Å². The van der Waals surface area contributed by atoms with Crippen LogP contribution in [-0.4, -0.2) is 48.9 Å². The van der Waals surface area contributed by atoms with Crippen LogP contribution in [-0.2, 0) is 4.74 Å². The summed E-state index contributed by atoms with van der Waals surface area (Å²) in [5.74, 6) is 6.08. The molecule has 0 spiro atoms. The molecule has 0 aliphatic heterocycles. The molecule has 0 radical (unpaired) electrons. The number of nitrogens with two attached hydrogens (primary N) is 1. The molecule has 8 nitrogen and oxygen atoms in total. The number of likely N-dealkylation sites (N-methyl/N-ethyl adjacent to an activating group) is 1. The number of hydrazine groups is 1. The van der Waals surface area contributed by atoms with Gasteiger partial charge in [-0.2, -0.15) is 15.0 Å². The Kier molecular flexibility index (Phi) is 6.09. The van der Waals surface area contributed by atoms with Gasteiger partial charge >= 0.3 is 6.01 Å². The Morgan fingerprint density at radius 3 is 2.67 bits per heavy atom. The number of anilines is 2. The predicted molar refractivity (Wildman–Crippen MR) is 68.6 cm³/mol. The third-order valence-corrected chi connectivity index (χ3v) is 2.14. The molecule has 0 atom stereocenters. The van der Waals surface area contributed by atoms with Crippen LogP contribution in [0.25, 0.3) is 0 Å². The molecule has 18 heavy (non-hydrogen) atoms. The first-order valence-electron chi connectivity index (χ1n) is 5.76. The summed E-state index contributed by atoms with van der Waals surface area (Å²) in [5, 5.41) is 0. The smallest absolute Gasteiger partial charge is 0.323 e. The highest BCUT2D eigenvalue weighted by molar-refractivity contribution is 5.36. The predicted octanol–water partition coefficient (Wildman–Crippen LogP) is 0.0286. The minimum atomic E-state index is 0.263. The van der Waals surface area contributed by atoms with E-state index in [9.17, 15) is 0 Å². The number of rotatable bonds is 8. The summed E-state index contributed by atoms with van der Waals surface area (Å²) < 4.78 is 10.4. The maximum atomic E-state index is 5.38. The quantitative estimate of drug-likeness (QED) is 0.496. The van der Waals surface area contributed by atoms with Crippen molar-refractivity contribution in [2.75, 3.05) is 44.2 Å². The summed E-state index contributed by atoms with van der Waals surface area (Å²) in [6.45, 7) is 3.81. The average molecular weight is 256 g/mol. The molecule has 0 aliphatic rings. The minimum absolute atomic E-state index is 0.263. The van der Waals surface area contributed by atoms with E-state index in [1.54, 1.807) is 7.11 Å². The van der Waals surface area contributed by atoms with Crippen molar-refractivity contribution in [3.05, 3.63) is 0 Å². The molecule has 0 amide bonds. The van der Waals surface area contributed by atoms with Gasteiger partial charge < -0.3 is 14.4 Å². The van der Waals surface area contributed by atoms with Crippen molar-refractivity contribution in [2.45, 2.75) is 13.3 Å². The van der Waals surface area contributed by atoms with Gasteiger partial charge in [-0.05, 0) is 6.42 Å². The molecule has 3 N–H and O–H groups in total. The highest BCUT2D eigenvalue weighted by Crippen LogP contribution is 2.13. The summed E-state index contributed by atoms with van der Waals surface area (Å²) >= 11 is 0. The van der Waals surface area contributed by atoms with Crippen LogP contribution < -0.4 is 20.9 Å². The van der Waals surface area contributed by atoms with Gasteiger partial charge in [-0.15, -0.1) is 0 Å². The lowest BCUT2D eigenvalue weighted by Crippen LogP contribution is -2.25. The largest absolute Gasteiger partial charge is 0.463 e. The lowest BCUT2D eigenvalue weighted by molar-refractivity contribution is 0.206. The first kappa shape index (κ1) is 14.4. The molecule has 0 bridgehead atoms. The van der Waals surface area contributed by atoms with Gasteiger partial charge in [0.25, 0.3) is 0 Å². The fraction of sp³-hybridized carbons (Fsp3) is 0.700. The summed E-state index contributed by atoms with van der Waals surface area (Å²) in [4.78, 5) is 14.2. The molecule has 0 fully saturated rings. The van der Waals surface area contributed by atoms with E-state index in [2.05, 4.69) is 20.4 Å². The number of hydrogen-bond donors (Lipinski definition) is 2. The van der Waals surface area contributed by atoms with Crippen LogP contribution in [0.5, 0.6) is 6.01 Å². The topological polar surface area (TPSA) is 98.4 Å². The molecule has 0 aromatic carbocycles. The normalized spacial score (nSPS) is 10.2. The average Bonchev–Trinajstić information content (AvgIpc) is 2.41. The number of nitrogen functional groups attached to an aromatic ring is 1. The van der Waals surface area contributed by atoms with Crippen molar-refractivity contribution < 1.29 is 9.47 Å². The van der Waals surface area contributed by atoms with Crippen LogP contribution in [0.15, 0.2) is 0 Å². The SMILES string of the molecule is CCCOc1nc(NN)nc(N(C)CCOC)n1. The van der Waals surface area contributed by atoms with E-state index in [4.69, 9.17) is 15.3 Å². The summed E-state index contributed by atoms with van der Waals surface area (Å²) in [7, 11) is 3.50. The number of methoxy groups -OCH3 is 1. The molecule has 1 rings (SSSR count). The van der Waals surface area contributed by atoms with E-state index < -0.39 is 0 Å². The second-order valence-corrected chi connectivity index (χ2v) is 3.65. The van der Waals surface area contributed by atoms with Crippen LogP contribution in [0.1, 0.15) is 13.3 Å². The van der Waals surface area contributed by atoms with E-state index in [0.717, 1.165) is 6.42 Å². The molecule has 0 aliphatic carbocycles. The lowest BCUT2D eigenvalue weighted by Gasteiger charge is -2.17. The summed E-state index contributed by atoms with van der Waals surface area (Å²) in [6.07, 6.45) is 0.881. The fourth-order valence-electron chi connectivity index (χ4n) is 1.17. The maximum absolute atomic E-state index is 5.38. The second kappa shape index (κ2) is 7.62. The summed E-state index contributed by atoms with van der Waals surface area (Å²) in [6, 6.07) is 0.263. The van der Waals surface area contributed by atoms with Crippen LogP contribution >= 0.6 is 0 Å². The fourth-order valence-corrected chi connectivity index (χ4v) is 1.17. The van der Waals surface area contributed by atoms with Crippen LogP contribution in [0.2, 0.25) is 0 Å². The molecule has 0 saturated carbocycles. The molecular weight excluding hydrogens is 236 g/mol. The van der Waals surface area contributed by atoms with Crippen molar-refractivity contribution in [3.63, 3.8) is 0 Å². The zero-order valence-corrected chi connectivity index (χ0v) is 11.0. The van der Waals surface area contributed by atoms with Gasteiger partial charge in [0, 0.05) is 20.7 Å². The van der Waals surface area contributed by atoms with E-state index in [1.807, 2.05) is 18.9 Å². The number of nitrogens with one attached hydrogen (secondary N) is 1. The number of hydrogen-bond acceptors (Lipinski definition) is 8. The zero-order valence-electron chi connectivity index (χ0n) is 11.0. The standard InChI is InChI=1S/C10H20N6O2/c1-4-6-18-10-13-8(15-11)12-9(14-10)16(2)5-7-17-3/h4-7,11H2,1-3H3,(H,12,13,14,15). The molecule has 8 heteroatoms. The monoisotopic (exact) mass is 256 g/mol. The molecule has 1 aromatic heterocycles. The Balaban J connectivity index is 2.81. The van der Waals surface area contributed by atoms with Crippen molar-refractivity contribution in [2.24, 2.45) is 5.84 Å². The van der Waals surface area contributed by atoms with Crippen LogP contribution in [0, 0.1) is 0 Å². The Hall–Kier alpha value is -1.67. The van der Waals surface area contributed by atoms with Crippen molar-refractivity contribution in [1.82, 2.24) is 15.0 Å². The first-order valence-corrected chi connectivity index (χ1v) is 5.76. The van der Waals surface area contributed by atoms with Gasteiger partial charge in [0.2, 0.25) is 11.9 Å². The molecule has 0 saturated heterocycles. The highest BCUT2D eigenvalue weighted by atomic mass is 16.5. The second-order valence-electron chi connectivity index (χ2n) is 3.65. The third-order valence-electron chi connectivity index (χ3n) is 2.14. The van der Waals surface area contributed by atoms with Gasteiger partial charge in [-0.1, -0.05) is 6.92 Å². The Bertz CT molecular complexity index is 362. The van der Waals surface area contributed by atoms with Gasteiger partial charge in [0.15, 0.2) is 0 Å². The van der Waals surface area contributed by atoms with Crippen molar-refractivity contribution in [3.8, 4) is 6.01 Å². The van der Waals surface area contributed by atoms with Gasteiger partial charge in [-0.25, -0.2) is 5.84 Å². The van der Waals surface area contributed by atoms with E-state index in [1.165, 1.54) is 0 Å². The molecule has 1 heterocycles. The van der Waals surface area contributed by atoms with Gasteiger partial charge in [0.05, 0.1) is 13.2 Å². The maximum Gasteiger partial charge on any atom is 0.323 e. The molecular formula is C10H20N6O2. The number of nitrogens with zero attached hydrogens (tertiary/aromatic N) is 4. The van der Waals surface area contributed by atoms with Gasteiger partial charge in [0.1, 0.15) is 0 Å². The van der Waals surface area contributed by atoms with Crippen LogP contribution in [0.3, 0.4) is 0 Å². The Morgan fingerprint density at radius 2 is 2.06 bits per heavy atom.